The van der Waals surface area contributed by atoms with E-state index in [1.165, 1.54) is 0 Å². The van der Waals surface area contributed by atoms with E-state index in [4.69, 9.17) is 62.6 Å². The maximum atomic E-state index is 11.7. The van der Waals surface area contributed by atoms with Gasteiger partial charge in [0.15, 0.2) is 0 Å². The zero-order valence-corrected chi connectivity index (χ0v) is 28.5. The van der Waals surface area contributed by atoms with E-state index < -0.39 is 6.04 Å². The van der Waals surface area contributed by atoms with Crippen molar-refractivity contribution < 1.29 is 66.4 Å². The van der Waals surface area contributed by atoms with Gasteiger partial charge in [-0.15, -0.1) is 0 Å². The molecule has 0 fully saturated rings. The van der Waals surface area contributed by atoms with Gasteiger partial charge in [-0.25, -0.2) is 0 Å². The number of carbonyl (C=O) groups is 2. The monoisotopic (exact) mass is 686 g/mol. The number of carbonyl (C=O) groups excluding carboxylic acids is 2. The molecule has 3 N–H and O–H groups in total. The largest absolute Gasteiger partial charge is 0.382 e. The molecule has 0 heterocycles. The van der Waals surface area contributed by atoms with Gasteiger partial charge in [-0.05, 0) is 19.3 Å². The fraction of sp³-hybridized carbons (Fsp3) is 0.935. The van der Waals surface area contributed by atoms with E-state index in [1.54, 1.807) is 7.11 Å². The molecular formula is C31H62N2O14. The number of unbranched alkanes of at least 4 members (excludes halogenated alkanes) is 1. The second kappa shape index (κ2) is 40.8. The van der Waals surface area contributed by atoms with Crippen LogP contribution in [0, 0.1) is 0 Å². The Hall–Kier alpha value is -1.38. The molecule has 0 aromatic heterocycles. The molecule has 1 unspecified atom stereocenters. The van der Waals surface area contributed by atoms with Crippen LogP contribution in [0.3, 0.4) is 0 Å². The van der Waals surface area contributed by atoms with Gasteiger partial charge in [-0.2, -0.15) is 0 Å². The van der Waals surface area contributed by atoms with Crippen molar-refractivity contribution in [1.82, 2.24) is 5.32 Å². The average molecular weight is 687 g/mol. The summed E-state index contributed by atoms with van der Waals surface area (Å²) in [5, 5.41) is 2.76. The van der Waals surface area contributed by atoms with E-state index in [0.717, 1.165) is 19.1 Å². The Kier molecular flexibility index (Phi) is 39.6. The number of hydrogen-bond donors (Lipinski definition) is 2. The van der Waals surface area contributed by atoms with Crippen LogP contribution in [0.15, 0.2) is 0 Å². The van der Waals surface area contributed by atoms with Gasteiger partial charge in [0.25, 0.3) is 0 Å². The van der Waals surface area contributed by atoms with E-state index in [1.807, 2.05) is 0 Å². The van der Waals surface area contributed by atoms with Crippen LogP contribution in [-0.2, 0) is 66.4 Å². The van der Waals surface area contributed by atoms with Crippen LogP contribution in [-0.4, -0.2) is 184 Å². The highest BCUT2D eigenvalue weighted by Gasteiger charge is 2.03. The van der Waals surface area contributed by atoms with Gasteiger partial charge in [0, 0.05) is 13.7 Å². The first-order chi connectivity index (χ1) is 23.2. The number of ether oxygens (including phenoxy) is 12. The molecule has 16 heteroatoms. The van der Waals surface area contributed by atoms with E-state index in [9.17, 15) is 9.59 Å². The van der Waals surface area contributed by atoms with Gasteiger partial charge in [-0.1, -0.05) is 0 Å². The summed E-state index contributed by atoms with van der Waals surface area (Å²) in [6.45, 7) is 11.3. The highest BCUT2D eigenvalue weighted by Crippen LogP contribution is 1.96. The SMILES string of the molecule is COCCOCCOCCOCCOCCOCCOCCOCCOCCOCCOCCOCC(=O)NCCCCC(N)C=O. The fourth-order valence-electron chi connectivity index (χ4n) is 3.36. The highest BCUT2D eigenvalue weighted by atomic mass is 16.6. The minimum atomic E-state index is -0.426. The smallest absolute Gasteiger partial charge is 0.245 e. The molecule has 1 amide bonds. The Morgan fingerprint density at radius 1 is 0.511 bits per heavy atom. The van der Waals surface area contributed by atoms with E-state index >= 15 is 0 Å². The zero-order valence-electron chi connectivity index (χ0n) is 28.5. The number of methoxy groups -OCH3 is 1. The number of aldehydes is 1. The lowest BCUT2D eigenvalue weighted by molar-refractivity contribution is -0.126. The molecule has 0 aliphatic heterocycles. The maximum Gasteiger partial charge on any atom is 0.245 e. The van der Waals surface area contributed by atoms with Gasteiger partial charge in [0.2, 0.25) is 5.91 Å². The molecule has 0 radical (unpaired) electrons. The average Bonchev–Trinajstić information content (AvgIpc) is 3.08. The van der Waals surface area contributed by atoms with E-state index in [-0.39, 0.29) is 12.5 Å². The summed E-state index contributed by atoms with van der Waals surface area (Å²) in [4.78, 5) is 22.1. The molecule has 0 saturated heterocycles. The molecule has 16 nitrogen and oxygen atoms in total. The Balaban J connectivity index is 3.11. The number of nitrogens with one attached hydrogen (secondary N) is 1. The number of rotatable bonds is 41. The fourth-order valence-corrected chi connectivity index (χ4v) is 3.36. The number of hydrogen-bond acceptors (Lipinski definition) is 15. The van der Waals surface area contributed by atoms with Crippen molar-refractivity contribution in [2.24, 2.45) is 5.73 Å². The van der Waals surface area contributed by atoms with Crippen LogP contribution in [0.2, 0.25) is 0 Å². The van der Waals surface area contributed by atoms with Gasteiger partial charge >= 0.3 is 0 Å². The van der Waals surface area contributed by atoms with Crippen molar-refractivity contribution in [1.29, 1.82) is 0 Å². The van der Waals surface area contributed by atoms with Gasteiger partial charge in [0.05, 0.1) is 151 Å². The summed E-state index contributed by atoms with van der Waals surface area (Å²) in [5.74, 6) is -0.181. The van der Waals surface area contributed by atoms with Crippen molar-refractivity contribution in [3.63, 3.8) is 0 Å². The molecule has 0 aromatic rings. The predicted molar refractivity (Wildman–Crippen MR) is 172 cm³/mol. The minimum Gasteiger partial charge on any atom is -0.382 e. The first-order valence-electron chi connectivity index (χ1n) is 16.5. The second-order valence-electron chi connectivity index (χ2n) is 9.81. The number of amides is 1. The molecule has 0 aliphatic carbocycles. The quantitative estimate of drug-likeness (QED) is 0.0627. The molecule has 0 rings (SSSR count). The summed E-state index contributed by atoms with van der Waals surface area (Å²) < 4.78 is 64.4. The molecule has 280 valence electrons. The predicted octanol–water partition coefficient (Wildman–Crippen LogP) is -0.372. The van der Waals surface area contributed by atoms with Crippen molar-refractivity contribution in [2.45, 2.75) is 25.3 Å². The third kappa shape index (κ3) is 40.7. The van der Waals surface area contributed by atoms with Gasteiger partial charge in [-0.3, -0.25) is 4.79 Å². The molecular weight excluding hydrogens is 624 g/mol. The van der Waals surface area contributed by atoms with Crippen LogP contribution in [0.4, 0.5) is 0 Å². The Bertz CT molecular complexity index is 639. The lowest BCUT2D eigenvalue weighted by Gasteiger charge is -2.09. The topological polar surface area (TPSA) is 183 Å². The molecule has 1 atom stereocenters. The van der Waals surface area contributed by atoms with Crippen LogP contribution < -0.4 is 11.1 Å². The van der Waals surface area contributed by atoms with Crippen molar-refractivity contribution in [2.75, 3.05) is 166 Å². The molecule has 0 bridgehead atoms. The standard InChI is InChI=1S/C31H62N2O14/c1-36-6-7-37-8-9-38-10-11-39-12-13-40-14-15-41-16-17-42-18-19-43-20-21-44-22-23-45-24-25-46-26-27-47-29-31(35)33-5-3-2-4-30(32)28-34/h28,30H,2-27,29,32H2,1H3,(H,33,35). The van der Waals surface area contributed by atoms with Crippen LogP contribution in [0.5, 0.6) is 0 Å². The lowest BCUT2D eigenvalue weighted by atomic mass is 10.1. The molecule has 0 aliphatic rings. The summed E-state index contributed by atoms with van der Waals surface area (Å²) >= 11 is 0. The molecule has 0 spiro atoms. The summed E-state index contributed by atoms with van der Waals surface area (Å²) in [6, 6.07) is -0.426. The first kappa shape index (κ1) is 45.6. The van der Waals surface area contributed by atoms with Crippen molar-refractivity contribution >= 4 is 12.2 Å². The third-order valence-electron chi connectivity index (χ3n) is 5.85. The Morgan fingerprint density at radius 2 is 0.809 bits per heavy atom. The third-order valence-corrected chi connectivity index (χ3v) is 5.85. The lowest BCUT2D eigenvalue weighted by Crippen LogP contribution is -2.29. The molecule has 0 saturated carbocycles. The maximum absolute atomic E-state index is 11.7. The summed E-state index contributed by atoms with van der Waals surface area (Å²) in [5.41, 5.74) is 5.51. The zero-order chi connectivity index (χ0) is 34.1. The van der Waals surface area contributed by atoms with Crippen molar-refractivity contribution in [3.05, 3.63) is 0 Å². The Labute approximate surface area is 280 Å². The molecule has 47 heavy (non-hydrogen) atoms. The first-order valence-corrected chi connectivity index (χ1v) is 16.5. The van der Waals surface area contributed by atoms with E-state index in [2.05, 4.69) is 5.32 Å². The minimum absolute atomic E-state index is 0.0163. The van der Waals surface area contributed by atoms with Crippen LogP contribution in [0.1, 0.15) is 19.3 Å². The summed E-state index contributed by atoms with van der Waals surface area (Å²) in [6.07, 6.45) is 2.91. The highest BCUT2D eigenvalue weighted by molar-refractivity contribution is 5.77. The van der Waals surface area contributed by atoms with Crippen LogP contribution in [0.25, 0.3) is 0 Å². The van der Waals surface area contributed by atoms with Gasteiger partial charge < -0.3 is 72.7 Å². The van der Waals surface area contributed by atoms with Gasteiger partial charge in [0.1, 0.15) is 12.9 Å². The number of nitrogens with two attached hydrogens (primary N) is 1. The Morgan fingerprint density at radius 3 is 1.11 bits per heavy atom. The second-order valence-corrected chi connectivity index (χ2v) is 9.81. The summed E-state index contributed by atoms with van der Waals surface area (Å²) in [7, 11) is 1.64. The molecule has 0 aromatic carbocycles. The van der Waals surface area contributed by atoms with Crippen molar-refractivity contribution in [3.8, 4) is 0 Å². The van der Waals surface area contributed by atoms with E-state index in [0.29, 0.717) is 158 Å². The normalized spacial score (nSPS) is 12.0. The van der Waals surface area contributed by atoms with Crippen LogP contribution >= 0.6 is 0 Å².